The Morgan fingerprint density at radius 1 is 1.31 bits per heavy atom. The lowest BCUT2D eigenvalue weighted by Gasteiger charge is -2.05. The van der Waals surface area contributed by atoms with Crippen LogP contribution in [0.5, 0.6) is 0 Å². The Hall–Kier alpha value is -2.03. The zero-order valence-electron chi connectivity index (χ0n) is 8.77. The van der Waals surface area contributed by atoms with E-state index in [4.69, 9.17) is 0 Å². The molecule has 0 atom stereocenters. The van der Waals surface area contributed by atoms with Crippen LogP contribution in [-0.4, -0.2) is 11.3 Å². The number of rotatable bonds is 2. The molecule has 16 heavy (non-hydrogen) atoms. The van der Waals surface area contributed by atoms with Gasteiger partial charge in [0.05, 0.1) is 5.56 Å². The molecule has 0 spiro atoms. The molecule has 0 bridgehead atoms. The van der Waals surface area contributed by atoms with Gasteiger partial charge >= 0.3 is 0 Å². The van der Waals surface area contributed by atoms with Gasteiger partial charge in [0.2, 0.25) is 0 Å². The molecular formula is C13H10FNO. The van der Waals surface area contributed by atoms with E-state index in [1.54, 1.807) is 18.5 Å². The molecule has 0 aliphatic heterocycles. The number of benzene rings is 1. The van der Waals surface area contributed by atoms with Gasteiger partial charge in [-0.1, -0.05) is 6.07 Å². The number of hydrogen-bond acceptors (Lipinski definition) is 2. The third-order valence-corrected chi connectivity index (χ3v) is 2.48. The number of carbonyl (C=O) groups is 1. The molecule has 2 aromatic rings. The van der Waals surface area contributed by atoms with E-state index < -0.39 is 5.82 Å². The number of pyridine rings is 1. The first-order valence-electron chi connectivity index (χ1n) is 4.88. The average molecular weight is 215 g/mol. The molecule has 0 saturated carbocycles. The number of aldehydes is 1. The van der Waals surface area contributed by atoms with Crippen LogP contribution in [0.1, 0.15) is 15.9 Å². The lowest BCUT2D eigenvalue weighted by molar-refractivity contribution is 0.112. The Morgan fingerprint density at radius 3 is 2.75 bits per heavy atom. The van der Waals surface area contributed by atoms with Crippen LogP contribution in [0, 0.1) is 12.7 Å². The Bertz CT molecular complexity index is 537. The normalized spacial score (nSPS) is 10.1. The fourth-order valence-corrected chi connectivity index (χ4v) is 1.56. The molecule has 0 N–H and O–H groups in total. The summed E-state index contributed by atoms with van der Waals surface area (Å²) in [4.78, 5) is 14.5. The minimum atomic E-state index is -0.504. The Labute approximate surface area is 92.8 Å². The van der Waals surface area contributed by atoms with Gasteiger partial charge in [0.1, 0.15) is 5.82 Å². The maximum absolute atomic E-state index is 13.4. The summed E-state index contributed by atoms with van der Waals surface area (Å²) in [7, 11) is 0. The van der Waals surface area contributed by atoms with Gasteiger partial charge in [-0.25, -0.2) is 4.39 Å². The summed E-state index contributed by atoms with van der Waals surface area (Å²) in [6.45, 7) is 1.93. The third-order valence-electron chi connectivity index (χ3n) is 2.48. The Morgan fingerprint density at radius 2 is 2.12 bits per heavy atom. The first-order chi connectivity index (χ1) is 7.72. The topological polar surface area (TPSA) is 30.0 Å². The van der Waals surface area contributed by atoms with E-state index in [0.29, 0.717) is 6.29 Å². The highest BCUT2D eigenvalue weighted by atomic mass is 19.1. The number of carbonyl (C=O) groups excluding carboxylic acids is 1. The molecule has 2 rings (SSSR count). The van der Waals surface area contributed by atoms with Crippen LogP contribution in [0.25, 0.3) is 11.1 Å². The molecule has 0 radical (unpaired) electrons. The maximum Gasteiger partial charge on any atom is 0.152 e. The molecule has 0 aliphatic rings. The van der Waals surface area contributed by atoms with E-state index in [2.05, 4.69) is 4.98 Å². The summed E-state index contributed by atoms with van der Waals surface area (Å²) in [6, 6.07) is 6.41. The molecule has 3 heteroatoms. The van der Waals surface area contributed by atoms with Gasteiger partial charge in [0.25, 0.3) is 0 Å². The summed E-state index contributed by atoms with van der Waals surface area (Å²) >= 11 is 0. The van der Waals surface area contributed by atoms with Crippen LogP contribution < -0.4 is 0 Å². The van der Waals surface area contributed by atoms with Crippen molar-refractivity contribution in [1.29, 1.82) is 0 Å². The second-order valence-electron chi connectivity index (χ2n) is 3.54. The number of nitrogens with zero attached hydrogens (tertiary/aromatic N) is 1. The molecule has 80 valence electrons. The van der Waals surface area contributed by atoms with Crippen molar-refractivity contribution < 1.29 is 9.18 Å². The minimum Gasteiger partial charge on any atom is -0.298 e. The number of aryl methyl sites for hydroxylation is 1. The summed E-state index contributed by atoms with van der Waals surface area (Å²) in [5, 5.41) is 0. The van der Waals surface area contributed by atoms with Gasteiger partial charge < -0.3 is 0 Å². The van der Waals surface area contributed by atoms with Gasteiger partial charge in [0, 0.05) is 18.0 Å². The largest absolute Gasteiger partial charge is 0.298 e. The van der Waals surface area contributed by atoms with Gasteiger partial charge in [-0.15, -0.1) is 0 Å². The lowest BCUT2D eigenvalue weighted by Crippen LogP contribution is -1.90. The maximum atomic E-state index is 13.4. The number of aromatic nitrogens is 1. The van der Waals surface area contributed by atoms with Crippen LogP contribution in [0.3, 0.4) is 0 Å². The third kappa shape index (κ3) is 1.84. The molecule has 0 unspecified atom stereocenters. The first kappa shape index (κ1) is 10.5. The number of hydrogen-bond donors (Lipinski definition) is 0. The van der Waals surface area contributed by atoms with Gasteiger partial charge in [-0.2, -0.15) is 0 Å². The highest BCUT2D eigenvalue weighted by Crippen LogP contribution is 2.23. The van der Waals surface area contributed by atoms with Crippen molar-refractivity contribution in [2.24, 2.45) is 0 Å². The van der Waals surface area contributed by atoms with Gasteiger partial charge in [-0.05, 0) is 36.2 Å². The van der Waals surface area contributed by atoms with E-state index in [-0.39, 0.29) is 5.56 Å². The fraction of sp³-hybridized carbons (Fsp3) is 0.0769. The van der Waals surface area contributed by atoms with E-state index >= 15 is 0 Å². The summed E-state index contributed by atoms with van der Waals surface area (Å²) in [6.07, 6.45) is 3.88. The highest BCUT2D eigenvalue weighted by molar-refractivity contribution is 5.77. The van der Waals surface area contributed by atoms with E-state index in [9.17, 15) is 9.18 Å². The Kier molecular flexibility index (Phi) is 2.77. The molecular weight excluding hydrogens is 205 g/mol. The van der Waals surface area contributed by atoms with E-state index in [0.717, 1.165) is 16.7 Å². The molecule has 1 aromatic heterocycles. The van der Waals surface area contributed by atoms with Crippen LogP contribution in [0.4, 0.5) is 4.39 Å². The fourth-order valence-electron chi connectivity index (χ4n) is 1.56. The second-order valence-corrected chi connectivity index (χ2v) is 3.54. The molecule has 0 aliphatic carbocycles. The van der Waals surface area contributed by atoms with Crippen LogP contribution >= 0.6 is 0 Å². The SMILES string of the molecule is Cc1ccncc1-c1ccc(C=O)c(F)c1. The van der Waals surface area contributed by atoms with Crippen molar-refractivity contribution in [1.82, 2.24) is 4.98 Å². The summed E-state index contributed by atoms with van der Waals surface area (Å²) < 4.78 is 13.4. The van der Waals surface area contributed by atoms with Crippen LogP contribution in [-0.2, 0) is 0 Å². The first-order valence-corrected chi connectivity index (χ1v) is 4.88. The van der Waals surface area contributed by atoms with Gasteiger partial charge in [-0.3, -0.25) is 9.78 Å². The smallest absolute Gasteiger partial charge is 0.152 e. The van der Waals surface area contributed by atoms with Crippen LogP contribution in [0.15, 0.2) is 36.7 Å². The molecule has 2 nitrogen and oxygen atoms in total. The molecule has 0 saturated heterocycles. The van der Waals surface area contributed by atoms with Crippen molar-refractivity contribution in [3.8, 4) is 11.1 Å². The van der Waals surface area contributed by atoms with Crippen molar-refractivity contribution in [2.75, 3.05) is 0 Å². The lowest BCUT2D eigenvalue weighted by atomic mass is 10.0. The summed E-state index contributed by atoms with van der Waals surface area (Å²) in [5.74, 6) is -0.504. The van der Waals surface area contributed by atoms with Crippen molar-refractivity contribution in [2.45, 2.75) is 6.92 Å². The van der Waals surface area contributed by atoms with Gasteiger partial charge in [0.15, 0.2) is 6.29 Å². The van der Waals surface area contributed by atoms with E-state index in [1.807, 2.05) is 13.0 Å². The van der Waals surface area contributed by atoms with Crippen molar-refractivity contribution in [3.05, 3.63) is 53.6 Å². The number of halogens is 1. The average Bonchev–Trinajstić information content (AvgIpc) is 2.29. The highest BCUT2D eigenvalue weighted by Gasteiger charge is 2.06. The zero-order chi connectivity index (χ0) is 11.5. The minimum absolute atomic E-state index is 0.0743. The van der Waals surface area contributed by atoms with Crippen molar-refractivity contribution >= 4 is 6.29 Å². The molecule has 1 heterocycles. The zero-order valence-corrected chi connectivity index (χ0v) is 8.77. The predicted molar refractivity (Wildman–Crippen MR) is 59.8 cm³/mol. The standard InChI is InChI=1S/C13H10FNO/c1-9-4-5-15-7-12(9)10-2-3-11(8-16)13(14)6-10/h2-8H,1H3. The Balaban J connectivity index is 2.54. The molecule has 1 aromatic carbocycles. The molecule has 0 amide bonds. The predicted octanol–water partition coefficient (Wildman–Crippen LogP) is 3.01. The summed E-state index contributed by atoms with van der Waals surface area (Å²) in [5.41, 5.74) is 2.70. The van der Waals surface area contributed by atoms with Crippen LogP contribution in [0.2, 0.25) is 0 Å². The van der Waals surface area contributed by atoms with E-state index in [1.165, 1.54) is 12.1 Å². The quantitative estimate of drug-likeness (QED) is 0.721. The second kappa shape index (κ2) is 4.23. The monoisotopic (exact) mass is 215 g/mol. The molecule has 0 fully saturated rings. The van der Waals surface area contributed by atoms with Crippen molar-refractivity contribution in [3.63, 3.8) is 0 Å².